The van der Waals surface area contributed by atoms with Crippen LogP contribution in [0.1, 0.15) is 155 Å². The van der Waals surface area contributed by atoms with Crippen molar-refractivity contribution in [1.29, 1.82) is 0 Å². The zero-order chi connectivity index (χ0) is 56.1. The van der Waals surface area contributed by atoms with Crippen LogP contribution in [0.3, 0.4) is 0 Å². The van der Waals surface area contributed by atoms with E-state index < -0.39 is 60.6 Å². The summed E-state index contributed by atoms with van der Waals surface area (Å²) in [4.78, 5) is 10.2. The molecule has 0 atom stereocenters. The highest BCUT2D eigenvalue weighted by Crippen LogP contribution is 2.45. The van der Waals surface area contributed by atoms with Crippen molar-refractivity contribution in [3.05, 3.63) is 166 Å². The quantitative estimate of drug-likeness (QED) is 0.149. The van der Waals surface area contributed by atoms with E-state index in [-0.39, 0.29) is 28.7 Å². The molecule has 8 aromatic rings. The van der Waals surface area contributed by atoms with Crippen LogP contribution < -0.4 is 0 Å². The summed E-state index contributed by atoms with van der Waals surface area (Å²) in [6, 6.07) is 27.5. The molecule has 0 saturated heterocycles. The number of fused-ring (bicyclic) bond motifs is 1. The van der Waals surface area contributed by atoms with Crippen LogP contribution in [0, 0.1) is 13.7 Å². The maximum atomic E-state index is 12.4. The lowest BCUT2D eigenvalue weighted by Gasteiger charge is -2.22. The number of hydrogen-bond acceptors (Lipinski definition) is 3. The Labute approximate surface area is 399 Å². The van der Waals surface area contributed by atoms with E-state index in [0.717, 1.165) is 16.7 Å². The van der Waals surface area contributed by atoms with Crippen LogP contribution >= 0.6 is 0 Å². The van der Waals surface area contributed by atoms with Crippen molar-refractivity contribution in [1.82, 2.24) is 14.5 Å². The third kappa shape index (κ3) is 8.43. The highest BCUT2D eigenvalue weighted by atomic mass is 16.3. The Hall–Kier alpha value is -6.26. The van der Waals surface area contributed by atoms with Gasteiger partial charge in [-0.25, -0.2) is 4.98 Å². The first-order chi connectivity index (χ1) is 35.1. The molecule has 2 aromatic heterocycles. The minimum Gasteiger partial charge on any atom is -0.507 e. The van der Waals surface area contributed by atoms with Crippen molar-refractivity contribution in [2.45, 2.75) is 119 Å². The summed E-state index contributed by atoms with van der Waals surface area (Å²) in [5, 5.41) is 12.4. The summed E-state index contributed by atoms with van der Waals surface area (Å²) in [5.41, 5.74) is 8.61. The largest absolute Gasteiger partial charge is 0.507 e. The zero-order valence-corrected chi connectivity index (χ0v) is 38.8. The molecule has 4 nitrogen and oxygen atoms in total. The Morgan fingerprint density at radius 1 is 0.641 bits per heavy atom. The number of hydrogen-bond donors (Lipinski definition) is 1. The molecule has 0 aliphatic carbocycles. The third-order valence-corrected chi connectivity index (χ3v) is 12.1. The van der Waals surface area contributed by atoms with E-state index in [9.17, 15) is 5.11 Å². The average Bonchev–Trinajstić information content (AvgIpc) is 3.71. The van der Waals surface area contributed by atoms with Gasteiger partial charge in [-0.05, 0) is 152 Å². The summed E-state index contributed by atoms with van der Waals surface area (Å²) >= 11 is 0. The van der Waals surface area contributed by atoms with Gasteiger partial charge in [0.05, 0.1) is 33.5 Å². The van der Waals surface area contributed by atoms with E-state index in [0.29, 0.717) is 78.3 Å². The van der Waals surface area contributed by atoms with Gasteiger partial charge in [-0.1, -0.05) is 154 Å². The Kier molecular flexibility index (Phi) is 8.57. The highest BCUT2D eigenvalue weighted by molar-refractivity contribution is 5.97. The minimum absolute atomic E-state index is 0.00336. The number of imidazole rings is 1. The molecule has 2 heterocycles. The van der Waals surface area contributed by atoms with Crippen molar-refractivity contribution in [2.75, 3.05) is 0 Å². The summed E-state index contributed by atoms with van der Waals surface area (Å²) in [7, 11) is 0. The lowest BCUT2D eigenvalue weighted by molar-refractivity contribution is 0.466. The van der Waals surface area contributed by atoms with Gasteiger partial charge in [-0.3, -0.25) is 9.55 Å². The zero-order valence-electron chi connectivity index (χ0n) is 50.8. The fourth-order valence-electron chi connectivity index (χ4n) is 8.53. The van der Waals surface area contributed by atoms with Crippen LogP contribution in [-0.4, -0.2) is 19.6 Å². The van der Waals surface area contributed by atoms with Crippen LogP contribution in [0.2, 0.25) is 0 Å². The number of rotatable bonds is 10. The first-order valence-electron chi connectivity index (χ1n) is 28.0. The van der Waals surface area contributed by atoms with Gasteiger partial charge in [-0.2, -0.15) is 0 Å². The molecule has 0 spiro atoms. The minimum atomic E-state index is -2.86. The maximum absolute atomic E-state index is 12.4. The first kappa shape index (κ1) is 31.6. The second kappa shape index (κ2) is 17.4. The van der Waals surface area contributed by atoms with Gasteiger partial charge in [0.25, 0.3) is 0 Å². The molecule has 8 rings (SSSR count). The summed E-state index contributed by atoms with van der Waals surface area (Å²) in [6.07, 6.45) is 1.52. The van der Waals surface area contributed by atoms with Crippen molar-refractivity contribution in [3.63, 3.8) is 0 Å². The van der Waals surface area contributed by atoms with Gasteiger partial charge in [0.15, 0.2) is 0 Å². The molecule has 0 fully saturated rings. The molecule has 326 valence electrons. The molecule has 0 bridgehead atoms. The Morgan fingerprint density at radius 3 is 1.98 bits per heavy atom. The van der Waals surface area contributed by atoms with Crippen LogP contribution in [0.4, 0.5) is 0 Å². The van der Waals surface area contributed by atoms with Crippen LogP contribution in [0.15, 0.2) is 127 Å². The van der Waals surface area contributed by atoms with E-state index in [1.54, 1.807) is 52.0 Å². The van der Waals surface area contributed by atoms with Crippen LogP contribution in [-0.2, 0) is 5.41 Å². The Balaban J connectivity index is 1.44. The number of aromatic nitrogens is 3. The fourth-order valence-corrected chi connectivity index (χ4v) is 8.53. The molecule has 4 heteroatoms. The predicted molar refractivity (Wildman–Crippen MR) is 272 cm³/mol. The molecule has 0 aliphatic heterocycles. The van der Waals surface area contributed by atoms with Gasteiger partial charge in [0.2, 0.25) is 0 Å². The Bertz CT molecular complexity index is 3520. The molecule has 6 aromatic carbocycles. The lowest BCUT2D eigenvalue weighted by Crippen LogP contribution is -2.11. The van der Waals surface area contributed by atoms with Crippen molar-refractivity contribution in [2.24, 2.45) is 0 Å². The molecule has 64 heavy (non-hydrogen) atoms. The average molecular weight is 856 g/mol. The molecular weight excluding hydrogens is 779 g/mol. The SMILES string of the molecule is [2H]c1c([2H])c(C([2H])([2H])[2H])c([2H])c([2H])c1-c1ccnc(-c2cc(-c3cccc4c3nc(-c3cc(C(C)C)cc(C(C)C)c3O)n4-c3ccc(-c4c(C([2H])(C)C)cccc4C([2H])(C)C)cc3C([2H])([2H])[2H])cc(C(C)(C)C)c2)c1. The number of aromatic hydroxyl groups is 1. The number of aryl methyl sites for hydroxylation is 1. The molecule has 0 saturated carbocycles. The highest BCUT2D eigenvalue weighted by Gasteiger charge is 2.26. The molecule has 0 radical (unpaired) electrons. The van der Waals surface area contributed by atoms with Gasteiger partial charge < -0.3 is 5.11 Å². The predicted octanol–water partition coefficient (Wildman–Crippen LogP) is 16.9. The molecule has 0 unspecified atom stereocenters. The van der Waals surface area contributed by atoms with E-state index in [1.807, 2.05) is 85.1 Å². The van der Waals surface area contributed by atoms with Crippen molar-refractivity contribution in [3.8, 4) is 67.5 Å². The summed E-state index contributed by atoms with van der Waals surface area (Å²) < 4.78 is 106. The van der Waals surface area contributed by atoms with Gasteiger partial charge >= 0.3 is 0 Å². The molecule has 0 aliphatic rings. The van der Waals surface area contributed by atoms with Crippen molar-refractivity contribution < 1.29 is 21.6 Å². The topological polar surface area (TPSA) is 50.9 Å². The van der Waals surface area contributed by atoms with E-state index in [2.05, 4.69) is 40.7 Å². The van der Waals surface area contributed by atoms with Gasteiger partial charge in [-0.15, -0.1) is 0 Å². The fraction of sp³-hybridized carbons (Fsp3) is 0.300. The first-order valence-corrected chi connectivity index (χ1v) is 22.0. The normalized spacial score (nSPS) is 15.6. The number of benzene rings is 6. The molecular formula is C60H65N3O. The molecule has 1 N–H and O–H groups in total. The number of phenols is 1. The second-order valence-corrected chi connectivity index (χ2v) is 18.9. The van der Waals surface area contributed by atoms with Crippen molar-refractivity contribution >= 4 is 11.0 Å². The van der Waals surface area contributed by atoms with Crippen LogP contribution in [0.25, 0.3) is 72.7 Å². The molecule has 0 amide bonds. The summed E-state index contributed by atoms with van der Waals surface area (Å²) in [6.45, 7) is 16.0. The third-order valence-electron chi connectivity index (χ3n) is 12.1. The number of nitrogens with zero attached hydrogens (tertiary/aromatic N) is 3. The summed E-state index contributed by atoms with van der Waals surface area (Å²) in [5.74, 6) is -1.88. The number of para-hydroxylation sites is 1. The standard InChI is InChI=1S/C60H65N3O/c1-35(2)44-32-51(38(7)8)58(64)52(33-44)59-62-57-50(45-29-46(31-47(30-45)60(11,12)13)53-34-42(26-27-61-53)41-22-20-39(9)21-23-41)18-15-19-55(57)63(59)54-25-24-43(28-40(54)10)56-48(36(3)4)16-14-17-49(56)37(5)6/h14-38,64H,1-13H3/i9D3,10D3,20D,21D,22D,23D,36D,37D. The van der Waals surface area contributed by atoms with Gasteiger partial charge in [0.1, 0.15) is 11.6 Å². The van der Waals surface area contributed by atoms with E-state index in [1.165, 1.54) is 6.20 Å². The van der Waals surface area contributed by atoms with Crippen LogP contribution in [0.5, 0.6) is 5.75 Å². The second-order valence-electron chi connectivity index (χ2n) is 18.9. The number of pyridine rings is 1. The van der Waals surface area contributed by atoms with E-state index >= 15 is 0 Å². The van der Waals surface area contributed by atoms with Gasteiger partial charge in [0, 0.05) is 28.3 Å². The van der Waals surface area contributed by atoms with E-state index in [4.69, 9.17) is 26.4 Å². The smallest absolute Gasteiger partial charge is 0.149 e. The monoisotopic (exact) mass is 856 g/mol. The maximum Gasteiger partial charge on any atom is 0.149 e. The number of phenolic OH excluding ortho intramolecular Hbond substituents is 1. The lowest BCUT2D eigenvalue weighted by atomic mass is 9.83. The Morgan fingerprint density at radius 2 is 1.34 bits per heavy atom.